The predicted molar refractivity (Wildman–Crippen MR) is 89.9 cm³/mol. The van der Waals surface area contributed by atoms with Gasteiger partial charge in [-0.3, -0.25) is 14.9 Å². The molecule has 0 aliphatic heterocycles. The number of fused-ring (bicyclic) bond motifs is 1. The fraction of sp³-hybridized carbons (Fsp3) is 0.176. The van der Waals surface area contributed by atoms with E-state index in [4.69, 9.17) is 15.7 Å². The van der Waals surface area contributed by atoms with Crippen LogP contribution < -0.4 is 11.1 Å². The highest BCUT2D eigenvalue weighted by molar-refractivity contribution is 6.09. The van der Waals surface area contributed by atoms with E-state index in [0.29, 0.717) is 5.56 Å². The number of imide groups is 1. The number of urea groups is 1. The van der Waals surface area contributed by atoms with Crippen molar-refractivity contribution in [2.75, 3.05) is 6.61 Å². The van der Waals surface area contributed by atoms with Gasteiger partial charge in [0.05, 0.1) is 6.61 Å². The number of nitriles is 1. The van der Waals surface area contributed by atoms with E-state index in [1.807, 2.05) is 11.4 Å². The summed E-state index contributed by atoms with van der Waals surface area (Å²) in [7, 11) is 0. The van der Waals surface area contributed by atoms with E-state index in [1.165, 1.54) is 6.08 Å². The number of para-hydroxylation sites is 1. The van der Waals surface area contributed by atoms with E-state index in [1.54, 1.807) is 42.0 Å². The molecule has 0 aliphatic carbocycles. The summed E-state index contributed by atoms with van der Waals surface area (Å²) in [5, 5.41) is 11.7. The molecule has 1 aromatic carbocycles. The molecule has 128 valence electrons. The number of primary amides is 1. The number of carbonyl (C=O) groups excluding carboxylic acids is 3. The van der Waals surface area contributed by atoms with Crippen molar-refractivity contribution in [2.24, 2.45) is 5.73 Å². The summed E-state index contributed by atoms with van der Waals surface area (Å²) in [6, 6.07) is 7.89. The molecule has 25 heavy (non-hydrogen) atoms. The minimum atomic E-state index is -1.05. The second-order valence-electron chi connectivity index (χ2n) is 5.02. The Hall–Kier alpha value is -3.60. The number of benzene rings is 1. The minimum Gasteiger partial charge on any atom is -0.465 e. The van der Waals surface area contributed by atoms with Gasteiger partial charge in [0.15, 0.2) is 0 Å². The van der Waals surface area contributed by atoms with Gasteiger partial charge in [0.25, 0.3) is 5.91 Å². The van der Waals surface area contributed by atoms with Crippen molar-refractivity contribution in [1.29, 1.82) is 5.26 Å². The van der Waals surface area contributed by atoms with Gasteiger partial charge in [-0.25, -0.2) is 4.79 Å². The van der Waals surface area contributed by atoms with E-state index in [-0.39, 0.29) is 18.7 Å². The first-order valence-corrected chi connectivity index (χ1v) is 7.42. The summed E-state index contributed by atoms with van der Waals surface area (Å²) >= 11 is 0. The molecular weight excluding hydrogens is 324 g/mol. The lowest BCUT2D eigenvalue weighted by atomic mass is 10.1. The van der Waals surface area contributed by atoms with Crippen LogP contribution in [-0.2, 0) is 20.9 Å². The first-order valence-electron chi connectivity index (χ1n) is 7.42. The van der Waals surface area contributed by atoms with E-state index in [9.17, 15) is 14.4 Å². The average molecular weight is 340 g/mol. The fourth-order valence-electron chi connectivity index (χ4n) is 2.35. The molecular formula is C17H16N4O4. The molecule has 0 saturated carbocycles. The SMILES string of the molecule is CCOC(=O)Cn1cc(/C=C(/C#N)C(=O)NC(N)=O)c2ccccc21. The number of ether oxygens (including phenoxy) is 1. The molecule has 1 heterocycles. The Bertz CT molecular complexity index is 905. The summed E-state index contributed by atoms with van der Waals surface area (Å²) in [4.78, 5) is 34.3. The van der Waals surface area contributed by atoms with E-state index >= 15 is 0 Å². The van der Waals surface area contributed by atoms with Gasteiger partial charge in [-0.15, -0.1) is 0 Å². The Morgan fingerprint density at radius 3 is 2.72 bits per heavy atom. The number of aromatic nitrogens is 1. The molecule has 2 rings (SSSR count). The van der Waals surface area contributed by atoms with E-state index in [2.05, 4.69) is 0 Å². The Kier molecular flexibility index (Phi) is 5.53. The first-order chi connectivity index (χ1) is 12.0. The largest absolute Gasteiger partial charge is 0.465 e. The zero-order valence-electron chi connectivity index (χ0n) is 13.5. The van der Waals surface area contributed by atoms with Crippen LogP contribution in [0.1, 0.15) is 12.5 Å². The molecule has 2 aromatic rings. The third-order valence-corrected chi connectivity index (χ3v) is 3.33. The molecule has 0 radical (unpaired) electrons. The zero-order valence-corrected chi connectivity index (χ0v) is 13.5. The van der Waals surface area contributed by atoms with Crippen molar-refractivity contribution in [3.8, 4) is 6.07 Å². The van der Waals surface area contributed by atoms with E-state index < -0.39 is 17.9 Å². The molecule has 0 aliphatic rings. The van der Waals surface area contributed by atoms with Crippen molar-refractivity contribution >= 4 is 34.9 Å². The van der Waals surface area contributed by atoms with Crippen molar-refractivity contribution in [1.82, 2.24) is 9.88 Å². The first kappa shape index (κ1) is 17.7. The van der Waals surface area contributed by atoms with Crippen molar-refractivity contribution in [3.05, 3.63) is 41.6 Å². The van der Waals surface area contributed by atoms with Gasteiger partial charge < -0.3 is 15.0 Å². The molecule has 0 unspecified atom stereocenters. The van der Waals surface area contributed by atoms with Crippen LogP contribution in [-0.4, -0.2) is 29.1 Å². The Morgan fingerprint density at radius 1 is 1.36 bits per heavy atom. The average Bonchev–Trinajstić information content (AvgIpc) is 2.90. The molecule has 3 amide bonds. The highest BCUT2D eigenvalue weighted by atomic mass is 16.5. The third-order valence-electron chi connectivity index (χ3n) is 3.33. The van der Waals surface area contributed by atoms with Crippen LogP contribution in [0.4, 0.5) is 4.79 Å². The summed E-state index contributed by atoms with van der Waals surface area (Å²) in [5.41, 5.74) is 5.91. The number of hydrogen-bond acceptors (Lipinski definition) is 5. The normalized spacial score (nSPS) is 11.0. The number of esters is 1. The lowest BCUT2D eigenvalue weighted by molar-refractivity contribution is -0.143. The number of amides is 3. The zero-order chi connectivity index (χ0) is 18.4. The van der Waals surface area contributed by atoms with Crippen LogP contribution in [0.2, 0.25) is 0 Å². The van der Waals surface area contributed by atoms with Gasteiger partial charge in [0.2, 0.25) is 0 Å². The number of nitrogens with two attached hydrogens (primary N) is 1. The summed E-state index contributed by atoms with van der Waals surface area (Å²) in [6.45, 7) is 1.99. The second kappa shape index (κ2) is 7.79. The topological polar surface area (TPSA) is 127 Å². The number of nitrogens with zero attached hydrogens (tertiary/aromatic N) is 2. The number of rotatable bonds is 5. The van der Waals surface area contributed by atoms with Gasteiger partial charge in [-0.1, -0.05) is 18.2 Å². The summed E-state index contributed by atoms with van der Waals surface area (Å²) in [5.74, 6) is -1.29. The van der Waals surface area contributed by atoms with Crippen LogP contribution in [0.5, 0.6) is 0 Å². The lowest BCUT2D eigenvalue weighted by Crippen LogP contribution is -2.35. The van der Waals surface area contributed by atoms with Crippen LogP contribution >= 0.6 is 0 Å². The van der Waals surface area contributed by atoms with Crippen molar-refractivity contribution in [2.45, 2.75) is 13.5 Å². The fourth-order valence-corrected chi connectivity index (χ4v) is 2.35. The highest BCUT2D eigenvalue weighted by Crippen LogP contribution is 2.23. The number of nitrogens with one attached hydrogen (secondary N) is 1. The molecule has 3 N–H and O–H groups in total. The molecule has 0 atom stereocenters. The van der Waals surface area contributed by atoms with Crippen LogP contribution in [0.3, 0.4) is 0 Å². The van der Waals surface area contributed by atoms with Gasteiger partial charge in [0.1, 0.15) is 18.2 Å². The molecule has 0 saturated heterocycles. The molecule has 1 aromatic heterocycles. The third kappa shape index (κ3) is 4.23. The second-order valence-corrected chi connectivity index (χ2v) is 5.02. The quantitative estimate of drug-likeness (QED) is 0.482. The minimum absolute atomic E-state index is 0.00242. The van der Waals surface area contributed by atoms with Crippen LogP contribution in [0.25, 0.3) is 17.0 Å². The molecule has 0 spiro atoms. The number of carbonyl (C=O) groups is 3. The van der Waals surface area contributed by atoms with Crippen molar-refractivity contribution in [3.63, 3.8) is 0 Å². The summed E-state index contributed by atoms with van der Waals surface area (Å²) in [6.07, 6.45) is 2.97. The Morgan fingerprint density at radius 2 is 2.08 bits per heavy atom. The number of hydrogen-bond donors (Lipinski definition) is 2. The monoisotopic (exact) mass is 340 g/mol. The van der Waals surface area contributed by atoms with Crippen molar-refractivity contribution < 1.29 is 19.1 Å². The molecule has 0 fully saturated rings. The maximum absolute atomic E-state index is 11.8. The van der Waals surface area contributed by atoms with Crippen LogP contribution in [0, 0.1) is 11.3 Å². The summed E-state index contributed by atoms with van der Waals surface area (Å²) < 4.78 is 6.61. The van der Waals surface area contributed by atoms with Gasteiger partial charge >= 0.3 is 12.0 Å². The Balaban J connectivity index is 2.46. The smallest absolute Gasteiger partial charge is 0.325 e. The molecule has 8 nitrogen and oxygen atoms in total. The molecule has 0 bridgehead atoms. The Labute approximate surface area is 143 Å². The van der Waals surface area contributed by atoms with Gasteiger partial charge in [-0.05, 0) is 19.1 Å². The van der Waals surface area contributed by atoms with Gasteiger partial charge in [-0.2, -0.15) is 5.26 Å². The predicted octanol–water partition coefficient (Wildman–Crippen LogP) is 1.31. The molecule has 8 heteroatoms. The highest BCUT2D eigenvalue weighted by Gasteiger charge is 2.14. The standard InChI is InChI=1S/C17H16N4O4/c1-2-25-15(22)10-21-9-12(13-5-3-4-6-14(13)21)7-11(8-18)16(23)20-17(19)24/h3-7,9H,2,10H2,1H3,(H3,19,20,23,24)/b11-7-. The maximum atomic E-state index is 11.8. The van der Waals surface area contributed by atoms with E-state index in [0.717, 1.165) is 10.9 Å². The maximum Gasteiger partial charge on any atom is 0.325 e. The lowest BCUT2D eigenvalue weighted by Gasteiger charge is -2.04. The van der Waals surface area contributed by atoms with Crippen LogP contribution in [0.15, 0.2) is 36.0 Å². The van der Waals surface area contributed by atoms with Gasteiger partial charge in [0, 0.05) is 22.7 Å².